The van der Waals surface area contributed by atoms with Crippen molar-refractivity contribution < 1.29 is 19.7 Å². The van der Waals surface area contributed by atoms with E-state index in [1.54, 1.807) is 6.08 Å². The Balaban J connectivity index is 2.12. The highest BCUT2D eigenvalue weighted by Gasteiger charge is 2.69. The molecule has 2 unspecified atom stereocenters. The molecule has 25 heavy (non-hydrogen) atoms. The third kappa shape index (κ3) is 2.37. The number of hydrogen-bond donors (Lipinski definition) is 2. The summed E-state index contributed by atoms with van der Waals surface area (Å²) in [5.41, 5.74) is 1.24. The molecule has 0 aromatic heterocycles. The van der Waals surface area contributed by atoms with Crippen LogP contribution in [0, 0.1) is 28.6 Å². The molecule has 3 aliphatic rings. The topological polar surface area (TPSA) is 66.8 Å². The van der Waals surface area contributed by atoms with E-state index in [0.717, 1.165) is 6.42 Å². The highest BCUT2D eigenvalue weighted by atomic mass is 16.5. The Morgan fingerprint density at radius 3 is 2.56 bits per heavy atom. The molecule has 1 aliphatic heterocycles. The molecule has 0 aromatic rings. The molecule has 0 aromatic carbocycles. The summed E-state index contributed by atoms with van der Waals surface area (Å²) < 4.78 is 6.44. The molecular weight excluding hydrogens is 316 g/mol. The van der Waals surface area contributed by atoms with Crippen molar-refractivity contribution in [2.24, 2.45) is 28.6 Å². The van der Waals surface area contributed by atoms with Crippen molar-refractivity contribution >= 4 is 5.97 Å². The van der Waals surface area contributed by atoms with Gasteiger partial charge in [0, 0.05) is 22.8 Å². The number of carboxylic acids is 1. The number of allylic oxidation sites excluding steroid dienone is 1. The van der Waals surface area contributed by atoms with Crippen LogP contribution in [0.5, 0.6) is 0 Å². The van der Waals surface area contributed by atoms with Gasteiger partial charge in [-0.25, -0.2) is 4.79 Å². The van der Waals surface area contributed by atoms with E-state index in [1.165, 1.54) is 11.6 Å². The number of carboxylic acid groups (broad SMARTS) is 1. The molecular formula is C21H30O4. The molecule has 0 amide bonds. The molecule has 4 heteroatoms. The van der Waals surface area contributed by atoms with Gasteiger partial charge in [-0.1, -0.05) is 39.5 Å². The number of carbonyl (C=O) groups is 1. The summed E-state index contributed by atoms with van der Waals surface area (Å²) in [5.74, 6) is -0.213. The van der Waals surface area contributed by atoms with Crippen molar-refractivity contribution in [2.75, 3.05) is 0 Å². The van der Waals surface area contributed by atoms with E-state index in [9.17, 15) is 9.90 Å². The molecule has 3 fully saturated rings. The highest BCUT2D eigenvalue weighted by Crippen LogP contribution is 2.68. The maximum Gasteiger partial charge on any atom is 0.327 e. The zero-order chi connectivity index (χ0) is 18.7. The summed E-state index contributed by atoms with van der Waals surface area (Å²) in [6.07, 6.45) is 5.02. The second kappa shape index (κ2) is 5.82. The van der Waals surface area contributed by atoms with Crippen LogP contribution >= 0.6 is 0 Å². The second-order valence-electron chi connectivity index (χ2n) is 8.72. The predicted octanol–water partition coefficient (Wildman–Crippen LogP) is 3.58. The van der Waals surface area contributed by atoms with Gasteiger partial charge in [0.25, 0.3) is 0 Å². The van der Waals surface area contributed by atoms with Crippen molar-refractivity contribution in [2.45, 2.75) is 59.4 Å². The van der Waals surface area contributed by atoms with Crippen LogP contribution < -0.4 is 0 Å². The van der Waals surface area contributed by atoms with Crippen LogP contribution in [0.15, 0.2) is 36.0 Å². The summed E-state index contributed by atoms with van der Waals surface area (Å²) >= 11 is 0. The van der Waals surface area contributed by atoms with Crippen molar-refractivity contribution in [1.29, 1.82) is 0 Å². The Morgan fingerprint density at radius 1 is 1.36 bits per heavy atom. The second-order valence-corrected chi connectivity index (χ2v) is 8.72. The molecule has 138 valence electrons. The van der Waals surface area contributed by atoms with Gasteiger partial charge in [-0.05, 0) is 43.3 Å². The molecule has 2 saturated carbocycles. The van der Waals surface area contributed by atoms with Crippen molar-refractivity contribution in [3.63, 3.8) is 0 Å². The lowest BCUT2D eigenvalue weighted by Crippen LogP contribution is -2.53. The minimum atomic E-state index is -0.986. The molecule has 0 spiro atoms. The van der Waals surface area contributed by atoms with Gasteiger partial charge in [-0.15, -0.1) is 0 Å². The number of aliphatic hydroxyl groups is 1. The van der Waals surface area contributed by atoms with Crippen LogP contribution in [0.1, 0.15) is 41.0 Å². The minimum absolute atomic E-state index is 0.0211. The highest BCUT2D eigenvalue weighted by molar-refractivity contribution is 5.79. The Kier molecular flexibility index (Phi) is 4.28. The molecule has 3 rings (SSSR count). The Morgan fingerprint density at radius 2 is 2.00 bits per heavy atom. The van der Waals surface area contributed by atoms with Crippen molar-refractivity contribution in [3.8, 4) is 0 Å². The normalized spacial score (nSPS) is 49.7. The van der Waals surface area contributed by atoms with Crippen LogP contribution in [0.25, 0.3) is 0 Å². The van der Waals surface area contributed by atoms with Crippen LogP contribution in [0.4, 0.5) is 0 Å². The zero-order valence-corrected chi connectivity index (χ0v) is 15.8. The number of rotatable bonds is 3. The SMILES string of the molecule is C=C1[C@@H](O)[C@@](C)(/C=C/C(=O)O)[C@H]2C(C)C[C@]3(C)C2[C@H]1O[C@@H]3/C(C)=C/C. The van der Waals surface area contributed by atoms with Gasteiger partial charge < -0.3 is 14.9 Å². The Bertz CT molecular complexity index is 663. The summed E-state index contributed by atoms with van der Waals surface area (Å²) in [6, 6.07) is 0. The predicted molar refractivity (Wildman–Crippen MR) is 97.0 cm³/mol. The lowest BCUT2D eigenvalue weighted by atomic mass is 9.55. The van der Waals surface area contributed by atoms with Gasteiger partial charge in [0.2, 0.25) is 0 Å². The number of aliphatic carboxylic acids is 1. The molecule has 1 heterocycles. The zero-order valence-electron chi connectivity index (χ0n) is 15.8. The number of ether oxygens (including phenoxy) is 1. The van der Waals surface area contributed by atoms with Gasteiger partial charge in [-0.3, -0.25) is 0 Å². The number of aliphatic hydroxyl groups excluding tert-OH is 1. The van der Waals surface area contributed by atoms with E-state index in [4.69, 9.17) is 9.84 Å². The molecule has 0 bridgehead atoms. The quantitative estimate of drug-likeness (QED) is 0.605. The smallest absolute Gasteiger partial charge is 0.327 e. The fourth-order valence-corrected chi connectivity index (χ4v) is 6.21. The summed E-state index contributed by atoms with van der Waals surface area (Å²) in [6.45, 7) is 14.8. The van der Waals surface area contributed by atoms with Gasteiger partial charge in [0.05, 0.1) is 18.3 Å². The standard InChI is InChI=1S/C21H30O4/c1-7-11(2)19-21(6)10-12(3)15-16(21)17(25-19)13(4)18(24)20(15,5)9-8-14(22)23/h7-9,12,15-19,24H,4,10H2,1-3,5-6H3,(H,22,23)/b9-8+,11-7+/t12?,15-,16?,17-,18+,19+,20-,21+/m0/s1. The molecule has 4 nitrogen and oxygen atoms in total. The molecule has 2 aliphatic carbocycles. The fourth-order valence-electron chi connectivity index (χ4n) is 6.21. The van der Waals surface area contributed by atoms with Crippen LogP contribution in [0.3, 0.4) is 0 Å². The lowest BCUT2D eigenvalue weighted by molar-refractivity contribution is -0.131. The first-order chi connectivity index (χ1) is 11.6. The van der Waals surface area contributed by atoms with E-state index in [2.05, 4.69) is 33.4 Å². The summed E-state index contributed by atoms with van der Waals surface area (Å²) in [5, 5.41) is 20.1. The van der Waals surface area contributed by atoms with E-state index < -0.39 is 17.5 Å². The third-order valence-electron chi connectivity index (χ3n) is 7.21. The van der Waals surface area contributed by atoms with Gasteiger partial charge in [0.1, 0.15) is 0 Å². The van der Waals surface area contributed by atoms with E-state index in [0.29, 0.717) is 11.5 Å². The average molecular weight is 346 g/mol. The first kappa shape index (κ1) is 18.4. The van der Waals surface area contributed by atoms with E-state index >= 15 is 0 Å². The largest absolute Gasteiger partial charge is 0.478 e. The van der Waals surface area contributed by atoms with Gasteiger partial charge in [0.15, 0.2) is 0 Å². The lowest BCUT2D eigenvalue weighted by Gasteiger charge is -2.50. The summed E-state index contributed by atoms with van der Waals surface area (Å²) in [7, 11) is 0. The van der Waals surface area contributed by atoms with Crippen molar-refractivity contribution in [1.82, 2.24) is 0 Å². The van der Waals surface area contributed by atoms with Crippen LogP contribution in [0.2, 0.25) is 0 Å². The Labute approximate surface area is 150 Å². The molecule has 1 saturated heterocycles. The van der Waals surface area contributed by atoms with Gasteiger partial charge >= 0.3 is 5.97 Å². The maximum absolute atomic E-state index is 11.1. The average Bonchev–Trinajstić information content (AvgIpc) is 2.98. The van der Waals surface area contributed by atoms with Gasteiger partial charge in [-0.2, -0.15) is 0 Å². The monoisotopic (exact) mass is 346 g/mol. The fraction of sp³-hybridized carbons (Fsp3) is 0.667. The third-order valence-corrected chi connectivity index (χ3v) is 7.21. The molecule has 8 atom stereocenters. The van der Waals surface area contributed by atoms with Crippen LogP contribution in [-0.2, 0) is 9.53 Å². The first-order valence-electron chi connectivity index (χ1n) is 9.15. The first-order valence-corrected chi connectivity index (χ1v) is 9.15. The van der Waals surface area contributed by atoms with Crippen LogP contribution in [-0.4, -0.2) is 34.5 Å². The summed E-state index contributed by atoms with van der Waals surface area (Å²) in [4.78, 5) is 11.1. The molecule has 2 N–H and O–H groups in total. The van der Waals surface area contributed by atoms with Crippen molar-refractivity contribution in [3.05, 3.63) is 36.0 Å². The van der Waals surface area contributed by atoms with E-state index in [1.807, 2.05) is 13.8 Å². The van der Waals surface area contributed by atoms with E-state index in [-0.39, 0.29) is 29.5 Å². The molecule has 0 radical (unpaired) electrons. The maximum atomic E-state index is 11.1. The number of hydrogen-bond acceptors (Lipinski definition) is 3. The Hall–Kier alpha value is -1.39. The minimum Gasteiger partial charge on any atom is -0.478 e.